The molecule has 0 unspecified atom stereocenters. The van der Waals surface area contributed by atoms with Gasteiger partial charge in [-0.1, -0.05) is 11.6 Å². The third-order valence-electron chi connectivity index (χ3n) is 6.21. The molecular weight excluding hydrogens is 450 g/mol. The number of hydrogen-bond acceptors (Lipinski definition) is 4. The van der Waals surface area contributed by atoms with Gasteiger partial charge in [-0.05, 0) is 67.3 Å². The number of anilines is 2. The molecule has 4 rings (SSSR count). The van der Waals surface area contributed by atoms with Gasteiger partial charge in [0.2, 0.25) is 11.8 Å². The SMILES string of the molecule is CC(=O)N1CCC(N(c2ccc3c(c2)CCN3C(C)=O)S(=O)(=O)c2ccc(Cl)cc2)CC1. The largest absolute Gasteiger partial charge is 0.343 e. The van der Waals surface area contributed by atoms with Gasteiger partial charge in [0.1, 0.15) is 0 Å². The van der Waals surface area contributed by atoms with Crippen LogP contribution in [0.25, 0.3) is 0 Å². The number of halogens is 1. The van der Waals surface area contributed by atoms with E-state index in [-0.39, 0.29) is 22.8 Å². The van der Waals surface area contributed by atoms with E-state index in [1.807, 2.05) is 12.1 Å². The highest BCUT2D eigenvalue weighted by Gasteiger charge is 2.35. The van der Waals surface area contributed by atoms with Crippen molar-refractivity contribution in [2.24, 2.45) is 0 Å². The molecule has 2 aliphatic rings. The summed E-state index contributed by atoms with van der Waals surface area (Å²) in [6.45, 7) is 4.67. The number of benzene rings is 2. The Kier molecular flexibility index (Phi) is 6.18. The van der Waals surface area contributed by atoms with Crippen LogP contribution in [0.4, 0.5) is 11.4 Å². The lowest BCUT2D eigenvalue weighted by Gasteiger charge is -2.39. The summed E-state index contributed by atoms with van der Waals surface area (Å²) in [5, 5.41) is 0.465. The number of carbonyl (C=O) groups is 2. The predicted molar refractivity (Wildman–Crippen MR) is 125 cm³/mol. The minimum Gasteiger partial charge on any atom is -0.343 e. The lowest BCUT2D eigenvalue weighted by molar-refractivity contribution is -0.129. The Balaban J connectivity index is 1.74. The van der Waals surface area contributed by atoms with Gasteiger partial charge in [0.25, 0.3) is 10.0 Å². The van der Waals surface area contributed by atoms with Gasteiger partial charge in [-0.2, -0.15) is 0 Å². The van der Waals surface area contributed by atoms with E-state index < -0.39 is 10.0 Å². The van der Waals surface area contributed by atoms with Gasteiger partial charge in [-0.25, -0.2) is 8.42 Å². The van der Waals surface area contributed by atoms with E-state index in [9.17, 15) is 18.0 Å². The number of nitrogens with zero attached hydrogens (tertiary/aromatic N) is 3. The van der Waals surface area contributed by atoms with Crippen molar-refractivity contribution in [2.75, 3.05) is 28.8 Å². The molecule has 0 bridgehead atoms. The van der Waals surface area contributed by atoms with Gasteiger partial charge in [-0.3, -0.25) is 13.9 Å². The van der Waals surface area contributed by atoms with E-state index in [1.54, 1.807) is 28.0 Å². The number of piperidine rings is 1. The third-order valence-corrected chi connectivity index (χ3v) is 8.35. The van der Waals surface area contributed by atoms with Crippen molar-refractivity contribution in [3.05, 3.63) is 53.1 Å². The zero-order chi connectivity index (χ0) is 23.0. The highest BCUT2D eigenvalue weighted by Crippen LogP contribution is 2.36. The Hall–Kier alpha value is -2.58. The van der Waals surface area contributed by atoms with Crippen molar-refractivity contribution in [3.63, 3.8) is 0 Å². The molecule has 0 aromatic heterocycles. The van der Waals surface area contributed by atoms with Gasteiger partial charge in [0, 0.05) is 50.2 Å². The van der Waals surface area contributed by atoms with E-state index in [0.717, 1.165) is 11.3 Å². The summed E-state index contributed by atoms with van der Waals surface area (Å²) in [6, 6.07) is 11.4. The molecule has 170 valence electrons. The van der Waals surface area contributed by atoms with Crippen molar-refractivity contribution in [3.8, 4) is 0 Å². The van der Waals surface area contributed by atoms with Gasteiger partial charge in [0.05, 0.1) is 10.6 Å². The molecule has 0 spiro atoms. The fourth-order valence-corrected chi connectivity index (χ4v) is 6.36. The van der Waals surface area contributed by atoms with Gasteiger partial charge < -0.3 is 9.80 Å². The summed E-state index contributed by atoms with van der Waals surface area (Å²) in [6.07, 6.45) is 1.77. The Morgan fingerprint density at radius 1 is 0.969 bits per heavy atom. The average Bonchev–Trinajstić information content (AvgIpc) is 3.18. The van der Waals surface area contributed by atoms with Crippen LogP contribution < -0.4 is 9.21 Å². The number of fused-ring (bicyclic) bond motifs is 1. The second-order valence-electron chi connectivity index (χ2n) is 8.23. The van der Waals surface area contributed by atoms with Crippen LogP contribution >= 0.6 is 11.6 Å². The normalized spacial score (nSPS) is 16.7. The monoisotopic (exact) mass is 475 g/mol. The molecular formula is C23H26ClN3O4S. The van der Waals surface area contributed by atoms with Crippen molar-refractivity contribution >= 4 is 44.8 Å². The molecule has 0 radical (unpaired) electrons. The number of likely N-dealkylation sites (tertiary alicyclic amines) is 1. The van der Waals surface area contributed by atoms with Crippen LogP contribution in [0, 0.1) is 0 Å². The maximum Gasteiger partial charge on any atom is 0.264 e. The minimum atomic E-state index is -3.86. The number of rotatable bonds is 4. The van der Waals surface area contributed by atoms with Gasteiger partial charge >= 0.3 is 0 Å². The van der Waals surface area contributed by atoms with E-state index >= 15 is 0 Å². The Bertz CT molecular complexity index is 1140. The first-order valence-corrected chi connectivity index (χ1v) is 12.5. The smallest absolute Gasteiger partial charge is 0.264 e. The summed E-state index contributed by atoms with van der Waals surface area (Å²) in [7, 11) is -3.86. The van der Waals surface area contributed by atoms with Gasteiger partial charge in [-0.15, -0.1) is 0 Å². The van der Waals surface area contributed by atoms with Crippen molar-refractivity contribution in [2.45, 2.75) is 44.0 Å². The second kappa shape index (κ2) is 8.75. The molecule has 2 amide bonds. The summed E-state index contributed by atoms with van der Waals surface area (Å²) in [4.78, 5) is 27.3. The highest BCUT2D eigenvalue weighted by atomic mass is 35.5. The van der Waals surface area contributed by atoms with Crippen molar-refractivity contribution in [1.82, 2.24) is 4.90 Å². The van der Waals surface area contributed by atoms with Crippen LogP contribution in [0.15, 0.2) is 47.4 Å². The number of hydrogen-bond donors (Lipinski definition) is 0. The molecule has 9 heteroatoms. The van der Waals surface area contributed by atoms with E-state index in [0.29, 0.717) is 49.6 Å². The number of carbonyl (C=O) groups excluding carboxylic acids is 2. The van der Waals surface area contributed by atoms with Crippen molar-refractivity contribution < 1.29 is 18.0 Å². The molecule has 0 aliphatic carbocycles. The maximum absolute atomic E-state index is 13.8. The minimum absolute atomic E-state index is 0.00240. The zero-order valence-electron chi connectivity index (χ0n) is 18.1. The predicted octanol–water partition coefficient (Wildman–Crippen LogP) is 3.46. The lowest BCUT2D eigenvalue weighted by Crippen LogP contribution is -2.48. The first-order valence-electron chi connectivity index (χ1n) is 10.6. The number of sulfonamides is 1. The molecule has 0 saturated carbocycles. The molecule has 7 nitrogen and oxygen atoms in total. The van der Waals surface area contributed by atoms with E-state index in [1.165, 1.54) is 30.3 Å². The Morgan fingerprint density at radius 3 is 2.22 bits per heavy atom. The lowest BCUT2D eigenvalue weighted by atomic mass is 10.0. The zero-order valence-corrected chi connectivity index (χ0v) is 19.7. The fraction of sp³-hybridized carbons (Fsp3) is 0.391. The Morgan fingerprint density at radius 2 is 1.62 bits per heavy atom. The standard InChI is InChI=1S/C23H26ClN3O4S/c1-16(28)25-12-10-20(11-13-25)27(32(30,31)22-6-3-19(24)4-7-22)21-5-8-23-18(15-21)9-14-26(23)17(2)29/h3-8,15,20H,9-14H2,1-2H3. The molecule has 2 aliphatic heterocycles. The summed E-state index contributed by atoms with van der Waals surface area (Å²) in [5.74, 6) is -0.0313. The fourth-order valence-electron chi connectivity index (χ4n) is 4.53. The van der Waals surface area contributed by atoms with Gasteiger partial charge in [0.15, 0.2) is 0 Å². The molecule has 0 N–H and O–H groups in total. The quantitative estimate of drug-likeness (QED) is 0.678. The molecule has 2 aromatic rings. The average molecular weight is 476 g/mol. The Labute approximate surface area is 193 Å². The molecule has 1 fully saturated rings. The van der Waals surface area contributed by atoms with E-state index in [4.69, 9.17) is 11.6 Å². The third kappa shape index (κ3) is 4.21. The molecule has 2 aromatic carbocycles. The molecule has 1 saturated heterocycles. The first-order chi connectivity index (χ1) is 15.2. The highest BCUT2D eigenvalue weighted by molar-refractivity contribution is 7.92. The van der Waals surface area contributed by atoms with Crippen LogP contribution in [0.1, 0.15) is 32.3 Å². The van der Waals surface area contributed by atoms with Crippen LogP contribution in [0.3, 0.4) is 0 Å². The maximum atomic E-state index is 13.8. The summed E-state index contributed by atoms with van der Waals surface area (Å²) < 4.78 is 29.0. The van der Waals surface area contributed by atoms with Crippen LogP contribution in [0.5, 0.6) is 0 Å². The topological polar surface area (TPSA) is 78.0 Å². The van der Waals surface area contributed by atoms with Crippen LogP contribution in [-0.2, 0) is 26.0 Å². The summed E-state index contributed by atoms with van der Waals surface area (Å²) >= 11 is 5.98. The summed E-state index contributed by atoms with van der Waals surface area (Å²) in [5.41, 5.74) is 2.36. The van der Waals surface area contributed by atoms with Crippen molar-refractivity contribution in [1.29, 1.82) is 0 Å². The molecule has 0 atom stereocenters. The second-order valence-corrected chi connectivity index (χ2v) is 10.5. The molecule has 32 heavy (non-hydrogen) atoms. The molecule has 2 heterocycles. The number of amides is 2. The van der Waals surface area contributed by atoms with Crippen LogP contribution in [0.2, 0.25) is 5.02 Å². The van der Waals surface area contributed by atoms with Crippen LogP contribution in [-0.4, -0.2) is 50.8 Å². The first kappa shape index (κ1) is 22.6. The van der Waals surface area contributed by atoms with E-state index in [2.05, 4.69) is 0 Å².